The highest BCUT2D eigenvalue weighted by molar-refractivity contribution is 6.35. The van der Waals surface area contributed by atoms with Crippen LogP contribution in [0.4, 0.5) is 5.82 Å². The highest BCUT2D eigenvalue weighted by Gasteiger charge is 2.12. The predicted molar refractivity (Wildman–Crippen MR) is 132 cm³/mol. The van der Waals surface area contributed by atoms with Crippen molar-refractivity contribution in [3.63, 3.8) is 0 Å². The Morgan fingerprint density at radius 2 is 1.88 bits per heavy atom. The molecule has 2 aromatic carbocycles. The molecule has 8 nitrogen and oxygen atoms in total. The number of hydrogen-bond donors (Lipinski definition) is 2. The van der Waals surface area contributed by atoms with Gasteiger partial charge in [-0.05, 0) is 43.2 Å². The molecule has 0 saturated heterocycles. The average molecular weight is 503 g/mol. The monoisotopic (exact) mass is 502 g/mol. The zero-order chi connectivity index (χ0) is 24.5. The zero-order valence-corrected chi connectivity index (χ0v) is 20.2. The third-order valence-corrected chi connectivity index (χ3v) is 5.31. The Morgan fingerprint density at radius 1 is 1.06 bits per heavy atom. The number of benzene rings is 2. The number of rotatable bonds is 10. The van der Waals surface area contributed by atoms with Crippen molar-refractivity contribution in [1.29, 1.82) is 0 Å². The molecule has 0 saturated carbocycles. The van der Waals surface area contributed by atoms with Crippen LogP contribution in [0.2, 0.25) is 10.0 Å². The van der Waals surface area contributed by atoms with Gasteiger partial charge in [0.05, 0.1) is 19.4 Å². The molecule has 2 N–H and O–H groups in total. The summed E-state index contributed by atoms with van der Waals surface area (Å²) in [6.45, 7) is 2.32. The number of carbonyl (C=O) groups excluding carboxylic acids is 2. The second-order valence-corrected chi connectivity index (χ2v) is 7.95. The Balaban J connectivity index is 1.73. The lowest BCUT2D eigenvalue weighted by molar-refractivity contribution is -0.141. The fourth-order valence-corrected chi connectivity index (χ4v) is 3.59. The van der Waals surface area contributed by atoms with Gasteiger partial charge in [-0.15, -0.1) is 0 Å². The Hall–Kier alpha value is -3.36. The largest absolute Gasteiger partial charge is 0.467 e. The van der Waals surface area contributed by atoms with Crippen molar-refractivity contribution in [3.8, 4) is 17.3 Å². The minimum absolute atomic E-state index is 0.182. The lowest BCUT2D eigenvalue weighted by Gasteiger charge is -2.11. The molecular weight excluding hydrogens is 479 g/mol. The molecule has 178 valence electrons. The summed E-state index contributed by atoms with van der Waals surface area (Å²) >= 11 is 12.2. The fraction of sp³-hybridized carbons (Fsp3) is 0.250. The third-order valence-electron chi connectivity index (χ3n) is 4.72. The fourth-order valence-electron chi connectivity index (χ4n) is 3.09. The summed E-state index contributed by atoms with van der Waals surface area (Å²) in [6, 6.07) is 14.2. The van der Waals surface area contributed by atoms with E-state index in [1.54, 1.807) is 43.3 Å². The van der Waals surface area contributed by atoms with Gasteiger partial charge in [0, 0.05) is 33.8 Å². The van der Waals surface area contributed by atoms with Crippen molar-refractivity contribution in [2.24, 2.45) is 0 Å². The van der Waals surface area contributed by atoms with E-state index in [9.17, 15) is 9.59 Å². The van der Waals surface area contributed by atoms with Gasteiger partial charge in [0.2, 0.25) is 0 Å². The SMILES string of the molecule is CCOC(=O)CNC(=O)c1cccc(-c2cc(NCCc3ccc(Cl)cc3Cl)nc(OC)n2)c1. The van der Waals surface area contributed by atoms with E-state index in [0.29, 0.717) is 45.6 Å². The Bertz CT molecular complexity index is 1170. The highest BCUT2D eigenvalue weighted by atomic mass is 35.5. The van der Waals surface area contributed by atoms with Crippen LogP contribution in [0.25, 0.3) is 11.3 Å². The van der Waals surface area contributed by atoms with Crippen LogP contribution >= 0.6 is 23.2 Å². The number of ether oxygens (including phenoxy) is 2. The van der Waals surface area contributed by atoms with Crippen LogP contribution in [0.5, 0.6) is 6.01 Å². The van der Waals surface area contributed by atoms with Gasteiger partial charge in [0.1, 0.15) is 12.4 Å². The van der Waals surface area contributed by atoms with Crippen molar-refractivity contribution >= 4 is 40.9 Å². The molecule has 0 aliphatic heterocycles. The van der Waals surface area contributed by atoms with Crippen molar-refractivity contribution < 1.29 is 19.1 Å². The summed E-state index contributed by atoms with van der Waals surface area (Å²) in [6.07, 6.45) is 0.660. The number of methoxy groups -OCH3 is 1. The molecule has 0 bridgehead atoms. The van der Waals surface area contributed by atoms with Gasteiger partial charge in [0.25, 0.3) is 5.91 Å². The van der Waals surface area contributed by atoms with Gasteiger partial charge in [-0.25, -0.2) is 0 Å². The standard InChI is InChI=1S/C24H24Cl2N4O4/c1-3-34-22(31)14-28-23(32)17-6-4-5-16(11-17)20-13-21(30-24(29-20)33-2)27-10-9-15-7-8-18(25)12-19(15)26/h4-8,11-13H,3,9-10,14H2,1-2H3,(H,28,32)(H,27,29,30). The number of aromatic nitrogens is 2. The number of halogens is 2. The van der Waals surface area contributed by atoms with Crippen LogP contribution < -0.4 is 15.4 Å². The molecule has 1 aromatic heterocycles. The smallest absolute Gasteiger partial charge is 0.325 e. The minimum Gasteiger partial charge on any atom is -0.467 e. The molecule has 0 unspecified atom stereocenters. The lowest BCUT2D eigenvalue weighted by Crippen LogP contribution is -2.30. The van der Waals surface area contributed by atoms with Gasteiger partial charge >= 0.3 is 12.0 Å². The Labute approximate surface area is 207 Å². The van der Waals surface area contributed by atoms with E-state index in [4.69, 9.17) is 32.7 Å². The molecule has 0 radical (unpaired) electrons. The van der Waals surface area contributed by atoms with Gasteiger partial charge in [-0.3, -0.25) is 9.59 Å². The summed E-state index contributed by atoms with van der Waals surface area (Å²) < 4.78 is 10.1. The lowest BCUT2D eigenvalue weighted by atomic mass is 10.1. The van der Waals surface area contributed by atoms with Crippen molar-refractivity contribution in [2.45, 2.75) is 13.3 Å². The van der Waals surface area contributed by atoms with Crippen molar-refractivity contribution in [3.05, 3.63) is 69.7 Å². The molecule has 0 aliphatic carbocycles. The maximum absolute atomic E-state index is 12.4. The molecule has 34 heavy (non-hydrogen) atoms. The summed E-state index contributed by atoms with van der Waals surface area (Å²) in [7, 11) is 1.48. The van der Waals surface area contributed by atoms with Gasteiger partial charge in [-0.2, -0.15) is 9.97 Å². The minimum atomic E-state index is -0.497. The molecule has 0 fully saturated rings. The highest BCUT2D eigenvalue weighted by Crippen LogP contribution is 2.24. The Morgan fingerprint density at radius 3 is 2.62 bits per heavy atom. The number of nitrogens with one attached hydrogen (secondary N) is 2. The number of amides is 1. The summed E-state index contributed by atoms with van der Waals surface area (Å²) in [5.74, 6) is -0.332. The first-order valence-corrected chi connectivity index (χ1v) is 11.3. The summed E-state index contributed by atoms with van der Waals surface area (Å²) in [4.78, 5) is 32.7. The molecule has 1 heterocycles. The molecule has 0 spiro atoms. The van der Waals surface area contributed by atoms with Gasteiger partial charge in [0.15, 0.2) is 0 Å². The first-order valence-electron chi connectivity index (χ1n) is 10.5. The summed E-state index contributed by atoms with van der Waals surface area (Å²) in [5, 5.41) is 6.99. The predicted octanol–water partition coefficient (Wildman–Crippen LogP) is 4.41. The molecule has 10 heteroatoms. The van der Waals surface area contributed by atoms with E-state index in [1.165, 1.54) is 7.11 Å². The quantitative estimate of drug-likeness (QED) is 0.395. The molecular formula is C24H24Cl2N4O4. The van der Waals surface area contributed by atoms with Crippen LogP contribution in [-0.4, -0.2) is 48.7 Å². The maximum Gasteiger partial charge on any atom is 0.325 e. The number of esters is 1. The number of hydrogen-bond acceptors (Lipinski definition) is 7. The molecule has 3 rings (SSSR count). The van der Waals surface area contributed by atoms with Crippen LogP contribution in [0.1, 0.15) is 22.8 Å². The van der Waals surface area contributed by atoms with E-state index in [-0.39, 0.29) is 19.2 Å². The Kier molecular flexibility index (Phi) is 9.07. The zero-order valence-electron chi connectivity index (χ0n) is 18.7. The molecule has 3 aromatic rings. The first kappa shape index (κ1) is 25.3. The van der Waals surface area contributed by atoms with E-state index in [2.05, 4.69) is 20.6 Å². The van der Waals surface area contributed by atoms with Crippen molar-refractivity contribution in [2.75, 3.05) is 32.1 Å². The van der Waals surface area contributed by atoms with Crippen LogP contribution in [0.3, 0.4) is 0 Å². The van der Waals surface area contributed by atoms with E-state index >= 15 is 0 Å². The van der Waals surface area contributed by atoms with Crippen molar-refractivity contribution in [1.82, 2.24) is 15.3 Å². The second-order valence-electron chi connectivity index (χ2n) is 7.11. The topological polar surface area (TPSA) is 102 Å². The van der Waals surface area contributed by atoms with Crippen LogP contribution in [-0.2, 0) is 16.0 Å². The normalized spacial score (nSPS) is 10.5. The molecule has 0 atom stereocenters. The number of anilines is 1. The van der Waals surface area contributed by atoms with E-state index in [1.807, 2.05) is 12.1 Å². The number of carbonyl (C=O) groups is 2. The third kappa shape index (κ3) is 7.07. The van der Waals surface area contributed by atoms with Gasteiger partial charge in [-0.1, -0.05) is 41.4 Å². The van der Waals surface area contributed by atoms with Crippen LogP contribution in [0.15, 0.2) is 48.5 Å². The van der Waals surface area contributed by atoms with E-state index in [0.717, 1.165) is 5.56 Å². The van der Waals surface area contributed by atoms with Gasteiger partial charge < -0.3 is 20.1 Å². The first-order chi connectivity index (χ1) is 16.4. The van der Waals surface area contributed by atoms with E-state index < -0.39 is 11.9 Å². The molecule has 1 amide bonds. The molecule has 0 aliphatic rings. The number of nitrogens with zero attached hydrogens (tertiary/aromatic N) is 2. The second kappa shape index (κ2) is 12.2. The summed E-state index contributed by atoms with van der Waals surface area (Å²) in [5.41, 5.74) is 2.60. The average Bonchev–Trinajstić information content (AvgIpc) is 2.84. The van der Waals surface area contributed by atoms with Crippen LogP contribution in [0, 0.1) is 0 Å². The maximum atomic E-state index is 12.4.